The smallest absolute Gasteiger partial charge is 0.338 e. The highest BCUT2D eigenvalue weighted by atomic mass is 19.1. The van der Waals surface area contributed by atoms with Gasteiger partial charge < -0.3 is 14.4 Å². The van der Waals surface area contributed by atoms with Crippen LogP contribution in [0.25, 0.3) is 5.57 Å². The van der Waals surface area contributed by atoms with E-state index in [9.17, 15) is 14.0 Å². The molecule has 2 aromatic rings. The first kappa shape index (κ1) is 18.6. The highest BCUT2D eigenvalue weighted by molar-refractivity contribution is 5.91. The lowest BCUT2D eigenvalue weighted by atomic mass is 10.00. The number of methoxy groups -OCH3 is 1. The first-order valence-electron chi connectivity index (χ1n) is 8.61. The van der Waals surface area contributed by atoms with Gasteiger partial charge in [0.05, 0.1) is 12.7 Å². The van der Waals surface area contributed by atoms with Gasteiger partial charge in [-0.2, -0.15) is 0 Å². The molecule has 1 aliphatic rings. The van der Waals surface area contributed by atoms with Crippen molar-refractivity contribution in [1.82, 2.24) is 4.90 Å². The number of amides is 1. The molecule has 0 aliphatic carbocycles. The van der Waals surface area contributed by atoms with Crippen LogP contribution in [-0.2, 0) is 9.53 Å². The van der Waals surface area contributed by atoms with E-state index < -0.39 is 11.8 Å². The molecule has 2 aromatic carbocycles. The molecule has 0 aromatic heterocycles. The second kappa shape index (κ2) is 8.49. The van der Waals surface area contributed by atoms with Crippen LogP contribution in [0.2, 0.25) is 0 Å². The van der Waals surface area contributed by atoms with E-state index in [0.717, 1.165) is 18.1 Å². The summed E-state index contributed by atoms with van der Waals surface area (Å²) in [6.45, 7) is 0.660. The van der Waals surface area contributed by atoms with Crippen LogP contribution in [0.15, 0.2) is 54.6 Å². The number of nitrogens with zero attached hydrogens (tertiary/aromatic N) is 1. The average Bonchev–Trinajstić information content (AvgIpc) is 2.72. The zero-order valence-electron chi connectivity index (χ0n) is 15.0. The van der Waals surface area contributed by atoms with E-state index in [-0.39, 0.29) is 23.8 Å². The van der Waals surface area contributed by atoms with E-state index in [1.165, 1.54) is 24.8 Å². The number of hydrogen-bond acceptors (Lipinski definition) is 4. The van der Waals surface area contributed by atoms with Crippen LogP contribution >= 0.6 is 0 Å². The van der Waals surface area contributed by atoms with Gasteiger partial charge in [0.1, 0.15) is 0 Å². The van der Waals surface area contributed by atoms with Gasteiger partial charge in [-0.15, -0.1) is 0 Å². The Bertz CT molecular complexity index is 864. The number of benzene rings is 2. The highest BCUT2D eigenvalue weighted by Gasteiger charge is 2.20. The summed E-state index contributed by atoms with van der Waals surface area (Å²) in [7, 11) is 1.34. The number of ether oxygens (including phenoxy) is 2. The van der Waals surface area contributed by atoms with Gasteiger partial charge in [0.25, 0.3) is 5.91 Å². The first-order valence-corrected chi connectivity index (χ1v) is 8.61. The molecule has 0 radical (unpaired) electrons. The Morgan fingerprint density at radius 2 is 1.93 bits per heavy atom. The Balaban J connectivity index is 1.53. The third kappa shape index (κ3) is 4.53. The standard InChI is InChI=1S/C21H20FNO4/c1-26-19-8-7-17(13-18(19)22)21(25)27-14-20(24)23-11-9-16(10-12-23)15-5-3-2-4-6-15/h2-9,13H,10-12,14H2,1H3. The molecule has 5 nitrogen and oxygen atoms in total. The summed E-state index contributed by atoms with van der Waals surface area (Å²) in [5, 5.41) is 0. The molecule has 0 saturated heterocycles. The van der Waals surface area contributed by atoms with Crippen molar-refractivity contribution in [1.29, 1.82) is 0 Å². The summed E-state index contributed by atoms with van der Waals surface area (Å²) < 4.78 is 23.5. The maximum atomic E-state index is 13.7. The van der Waals surface area contributed by atoms with Crippen molar-refractivity contribution in [2.75, 3.05) is 26.8 Å². The highest BCUT2D eigenvalue weighted by Crippen LogP contribution is 2.22. The maximum absolute atomic E-state index is 13.7. The van der Waals surface area contributed by atoms with Crippen LogP contribution in [-0.4, -0.2) is 43.6 Å². The summed E-state index contributed by atoms with van der Waals surface area (Å²) >= 11 is 0. The lowest BCUT2D eigenvalue weighted by molar-refractivity contribution is -0.134. The monoisotopic (exact) mass is 369 g/mol. The summed E-state index contributed by atoms with van der Waals surface area (Å²) in [5.74, 6) is -1.65. The van der Waals surface area contributed by atoms with E-state index in [2.05, 4.69) is 0 Å². The maximum Gasteiger partial charge on any atom is 0.338 e. The van der Waals surface area contributed by atoms with Crippen LogP contribution in [0.3, 0.4) is 0 Å². The molecule has 1 heterocycles. The molecule has 6 heteroatoms. The third-order valence-corrected chi connectivity index (χ3v) is 4.42. The second-order valence-electron chi connectivity index (χ2n) is 6.11. The minimum atomic E-state index is -0.748. The van der Waals surface area contributed by atoms with Crippen molar-refractivity contribution in [3.05, 3.63) is 71.6 Å². The molecule has 0 fully saturated rings. The molecule has 0 saturated carbocycles. The van der Waals surface area contributed by atoms with Gasteiger partial charge >= 0.3 is 5.97 Å². The van der Waals surface area contributed by atoms with Crippen molar-refractivity contribution in [2.45, 2.75) is 6.42 Å². The second-order valence-corrected chi connectivity index (χ2v) is 6.11. The lowest BCUT2D eigenvalue weighted by Crippen LogP contribution is -2.37. The van der Waals surface area contributed by atoms with E-state index in [4.69, 9.17) is 9.47 Å². The molecule has 1 amide bonds. The number of hydrogen-bond donors (Lipinski definition) is 0. The van der Waals surface area contributed by atoms with Gasteiger partial charge in [0.2, 0.25) is 0 Å². The van der Waals surface area contributed by atoms with Gasteiger partial charge in [-0.3, -0.25) is 4.79 Å². The molecule has 27 heavy (non-hydrogen) atoms. The molecule has 0 unspecified atom stereocenters. The van der Waals surface area contributed by atoms with E-state index in [1.54, 1.807) is 4.90 Å². The molecular weight excluding hydrogens is 349 g/mol. The summed E-state index contributed by atoms with van der Waals surface area (Å²) in [6, 6.07) is 13.8. The Morgan fingerprint density at radius 1 is 1.15 bits per heavy atom. The van der Waals surface area contributed by atoms with Crippen LogP contribution in [0.4, 0.5) is 4.39 Å². The summed E-state index contributed by atoms with van der Waals surface area (Å²) in [5.41, 5.74) is 2.38. The summed E-state index contributed by atoms with van der Waals surface area (Å²) in [6.07, 6.45) is 2.75. The third-order valence-electron chi connectivity index (χ3n) is 4.42. The molecule has 140 valence electrons. The Kier molecular flexibility index (Phi) is 5.86. The minimum Gasteiger partial charge on any atom is -0.494 e. The predicted octanol–water partition coefficient (Wildman–Crippen LogP) is 3.31. The molecule has 0 atom stereocenters. The largest absolute Gasteiger partial charge is 0.494 e. The zero-order valence-corrected chi connectivity index (χ0v) is 15.0. The van der Waals surface area contributed by atoms with Crippen LogP contribution in [0.5, 0.6) is 5.75 Å². The lowest BCUT2D eigenvalue weighted by Gasteiger charge is -2.26. The Hall–Kier alpha value is -3.15. The number of carbonyl (C=O) groups is 2. The van der Waals surface area contributed by atoms with E-state index in [1.807, 2.05) is 36.4 Å². The van der Waals surface area contributed by atoms with Crippen molar-refractivity contribution in [3.63, 3.8) is 0 Å². The number of halogens is 1. The molecular formula is C21H20FNO4. The molecule has 0 spiro atoms. The van der Waals surface area contributed by atoms with E-state index in [0.29, 0.717) is 13.1 Å². The average molecular weight is 369 g/mol. The molecule has 1 aliphatic heterocycles. The predicted molar refractivity (Wildman–Crippen MR) is 98.9 cm³/mol. The van der Waals surface area contributed by atoms with Crippen molar-refractivity contribution in [3.8, 4) is 5.75 Å². The Morgan fingerprint density at radius 3 is 2.56 bits per heavy atom. The van der Waals surface area contributed by atoms with Gasteiger partial charge in [-0.1, -0.05) is 36.4 Å². The van der Waals surface area contributed by atoms with Crippen LogP contribution in [0, 0.1) is 5.82 Å². The molecule has 0 bridgehead atoms. The molecule has 0 N–H and O–H groups in total. The van der Waals surface area contributed by atoms with Crippen LogP contribution < -0.4 is 4.74 Å². The Labute approximate surface area is 157 Å². The van der Waals surface area contributed by atoms with Gasteiger partial charge in [-0.05, 0) is 35.8 Å². The first-order chi connectivity index (χ1) is 13.1. The van der Waals surface area contributed by atoms with Crippen molar-refractivity contribution in [2.24, 2.45) is 0 Å². The minimum absolute atomic E-state index is 0.0333. The van der Waals surface area contributed by atoms with Gasteiger partial charge in [0.15, 0.2) is 18.2 Å². The summed E-state index contributed by atoms with van der Waals surface area (Å²) in [4.78, 5) is 25.9. The van der Waals surface area contributed by atoms with Gasteiger partial charge in [-0.25, -0.2) is 9.18 Å². The fraction of sp³-hybridized carbons (Fsp3) is 0.238. The fourth-order valence-electron chi connectivity index (χ4n) is 2.91. The van der Waals surface area contributed by atoms with Crippen molar-refractivity contribution < 1.29 is 23.5 Å². The quantitative estimate of drug-likeness (QED) is 0.759. The number of rotatable bonds is 5. The van der Waals surface area contributed by atoms with Crippen LogP contribution in [0.1, 0.15) is 22.3 Å². The topological polar surface area (TPSA) is 55.8 Å². The van der Waals surface area contributed by atoms with Crippen molar-refractivity contribution >= 4 is 17.4 Å². The molecule has 3 rings (SSSR count). The fourth-order valence-corrected chi connectivity index (χ4v) is 2.91. The normalized spacial score (nSPS) is 13.7. The number of esters is 1. The van der Waals surface area contributed by atoms with E-state index >= 15 is 0 Å². The number of carbonyl (C=O) groups excluding carboxylic acids is 2. The van der Waals surface area contributed by atoms with Gasteiger partial charge in [0, 0.05) is 13.1 Å². The SMILES string of the molecule is COc1ccc(C(=O)OCC(=O)N2CC=C(c3ccccc3)CC2)cc1F. The zero-order chi connectivity index (χ0) is 19.2.